The van der Waals surface area contributed by atoms with Gasteiger partial charge in [-0.25, -0.2) is 4.98 Å². The van der Waals surface area contributed by atoms with Crippen LogP contribution in [0.5, 0.6) is 0 Å². The topological polar surface area (TPSA) is 62.7 Å². The third-order valence-electron chi connectivity index (χ3n) is 2.42. The number of aryl methyl sites for hydroxylation is 2. The first kappa shape index (κ1) is 14.0. The van der Waals surface area contributed by atoms with Gasteiger partial charge in [0.2, 0.25) is 0 Å². The van der Waals surface area contributed by atoms with Crippen LogP contribution in [0.1, 0.15) is 31.0 Å². The summed E-state index contributed by atoms with van der Waals surface area (Å²) >= 11 is 1.72. The van der Waals surface area contributed by atoms with Gasteiger partial charge in [-0.1, -0.05) is 0 Å². The molecular weight excluding hydrogens is 230 g/mol. The van der Waals surface area contributed by atoms with E-state index in [0.717, 1.165) is 29.3 Å². The fraction of sp³-hybridized carbons (Fsp3) is 0.538. The molecule has 1 aromatic rings. The second-order valence-corrected chi connectivity index (χ2v) is 5.72. The Labute approximate surface area is 107 Å². The summed E-state index contributed by atoms with van der Waals surface area (Å²) in [5.74, 6) is 0.949. The number of rotatable bonds is 5. The smallest absolute Gasteiger partial charge is 0.101 e. The highest BCUT2D eigenvalue weighted by Gasteiger charge is 2.15. The maximum Gasteiger partial charge on any atom is 0.101 e. The van der Waals surface area contributed by atoms with Gasteiger partial charge in [-0.15, -0.1) is 11.8 Å². The molecule has 0 aromatic carbocycles. The molecule has 0 radical (unpaired) electrons. The summed E-state index contributed by atoms with van der Waals surface area (Å²) in [4.78, 5) is 4.45. The van der Waals surface area contributed by atoms with Crippen LogP contribution in [0.25, 0.3) is 0 Å². The summed E-state index contributed by atoms with van der Waals surface area (Å²) in [6.07, 6.45) is 1.65. The van der Waals surface area contributed by atoms with E-state index in [-0.39, 0.29) is 0 Å². The van der Waals surface area contributed by atoms with Crippen molar-refractivity contribution in [3.63, 3.8) is 0 Å². The SMILES string of the molecule is Cc1cc(C)nc(SCCCC(C)(N)C#N)c1. The van der Waals surface area contributed by atoms with E-state index in [0.29, 0.717) is 0 Å². The zero-order valence-corrected chi connectivity index (χ0v) is 11.5. The van der Waals surface area contributed by atoms with E-state index in [4.69, 9.17) is 11.0 Å². The predicted octanol–water partition coefficient (Wildman–Crippen LogP) is 2.81. The second-order valence-electron chi connectivity index (χ2n) is 4.61. The Morgan fingerprint density at radius 3 is 2.76 bits per heavy atom. The number of nitrogens with zero attached hydrogens (tertiary/aromatic N) is 2. The van der Waals surface area contributed by atoms with Crippen molar-refractivity contribution in [2.75, 3.05) is 5.75 Å². The lowest BCUT2D eigenvalue weighted by Crippen LogP contribution is -2.33. The molecule has 2 N–H and O–H groups in total. The van der Waals surface area contributed by atoms with Gasteiger partial charge in [0.1, 0.15) is 5.54 Å². The van der Waals surface area contributed by atoms with E-state index in [2.05, 4.69) is 30.1 Å². The van der Waals surface area contributed by atoms with Crippen LogP contribution in [0.2, 0.25) is 0 Å². The van der Waals surface area contributed by atoms with Gasteiger partial charge in [0.25, 0.3) is 0 Å². The molecule has 92 valence electrons. The minimum atomic E-state index is -0.698. The standard InChI is InChI=1S/C13H19N3S/c1-10-7-11(2)16-12(8-10)17-6-4-5-13(3,15)9-14/h7-8H,4-6,15H2,1-3H3. The van der Waals surface area contributed by atoms with Gasteiger partial charge in [-0.05, 0) is 57.1 Å². The van der Waals surface area contributed by atoms with Crippen LogP contribution < -0.4 is 5.73 Å². The normalized spacial score (nSPS) is 14.1. The third kappa shape index (κ3) is 5.20. The molecule has 1 unspecified atom stereocenters. The van der Waals surface area contributed by atoms with Gasteiger partial charge in [0.15, 0.2) is 0 Å². The van der Waals surface area contributed by atoms with Gasteiger partial charge >= 0.3 is 0 Å². The molecule has 0 spiro atoms. The van der Waals surface area contributed by atoms with Crippen LogP contribution in [-0.4, -0.2) is 16.3 Å². The maximum atomic E-state index is 8.79. The van der Waals surface area contributed by atoms with Crippen LogP contribution in [0, 0.1) is 25.2 Å². The Kier molecular flexibility index (Phi) is 4.98. The van der Waals surface area contributed by atoms with Crippen molar-refractivity contribution in [3.8, 4) is 6.07 Å². The molecule has 1 atom stereocenters. The van der Waals surface area contributed by atoms with E-state index >= 15 is 0 Å². The monoisotopic (exact) mass is 249 g/mol. The number of nitriles is 1. The number of hydrogen-bond donors (Lipinski definition) is 1. The Morgan fingerprint density at radius 2 is 2.18 bits per heavy atom. The summed E-state index contributed by atoms with van der Waals surface area (Å²) in [6, 6.07) is 6.26. The first-order valence-corrected chi connectivity index (χ1v) is 6.70. The summed E-state index contributed by atoms with van der Waals surface area (Å²) in [6.45, 7) is 5.85. The molecule has 4 heteroatoms. The minimum Gasteiger partial charge on any atom is -0.314 e. The molecule has 17 heavy (non-hydrogen) atoms. The number of thioether (sulfide) groups is 1. The molecule has 0 amide bonds. The van der Waals surface area contributed by atoms with Gasteiger partial charge in [0.05, 0.1) is 11.1 Å². The number of pyridine rings is 1. The molecule has 1 rings (SSSR count). The van der Waals surface area contributed by atoms with E-state index in [1.165, 1.54) is 5.56 Å². The van der Waals surface area contributed by atoms with E-state index in [9.17, 15) is 0 Å². The maximum absolute atomic E-state index is 8.79. The lowest BCUT2D eigenvalue weighted by atomic mass is 10.0. The van der Waals surface area contributed by atoms with Crippen molar-refractivity contribution in [3.05, 3.63) is 23.4 Å². The van der Waals surface area contributed by atoms with E-state index in [1.807, 2.05) is 6.92 Å². The lowest BCUT2D eigenvalue weighted by Gasteiger charge is -2.14. The molecule has 0 aliphatic rings. The van der Waals surface area contributed by atoms with Crippen LogP contribution in [0.4, 0.5) is 0 Å². The molecule has 0 aliphatic carbocycles. The largest absolute Gasteiger partial charge is 0.314 e. The van der Waals surface area contributed by atoms with Crippen LogP contribution in [0.3, 0.4) is 0 Å². The molecule has 0 saturated carbocycles. The molecule has 1 heterocycles. The van der Waals surface area contributed by atoms with Crippen molar-refractivity contribution in [2.45, 2.75) is 44.2 Å². The van der Waals surface area contributed by atoms with Crippen LogP contribution >= 0.6 is 11.8 Å². The van der Waals surface area contributed by atoms with Gasteiger partial charge in [-0.2, -0.15) is 5.26 Å². The van der Waals surface area contributed by atoms with Gasteiger partial charge < -0.3 is 5.73 Å². The fourth-order valence-corrected chi connectivity index (χ4v) is 2.53. The van der Waals surface area contributed by atoms with Crippen molar-refractivity contribution < 1.29 is 0 Å². The van der Waals surface area contributed by atoms with Crippen LogP contribution in [0.15, 0.2) is 17.2 Å². The van der Waals surface area contributed by atoms with E-state index in [1.54, 1.807) is 18.7 Å². The summed E-state index contributed by atoms with van der Waals surface area (Å²) < 4.78 is 0. The highest BCUT2D eigenvalue weighted by Crippen LogP contribution is 2.20. The average molecular weight is 249 g/mol. The number of aromatic nitrogens is 1. The predicted molar refractivity (Wildman–Crippen MR) is 71.9 cm³/mol. The lowest BCUT2D eigenvalue weighted by molar-refractivity contribution is 0.540. The summed E-state index contributed by atoms with van der Waals surface area (Å²) in [7, 11) is 0. The molecule has 3 nitrogen and oxygen atoms in total. The van der Waals surface area contributed by atoms with Crippen molar-refractivity contribution in [2.24, 2.45) is 5.73 Å². The quantitative estimate of drug-likeness (QED) is 0.644. The second kappa shape index (κ2) is 6.04. The zero-order chi connectivity index (χ0) is 12.9. The Balaban J connectivity index is 2.39. The van der Waals surface area contributed by atoms with Crippen molar-refractivity contribution in [1.82, 2.24) is 4.98 Å². The van der Waals surface area contributed by atoms with Crippen LogP contribution in [-0.2, 0) is 0 Å². The fourth-order valence-electron chi connectivity index (χ4n) is 1.55. The minimum absolute atomic E-state index is 0.698. The third-order valence-corrected chi connectivity index (χ3v) is 3.42. The first-order chi connectivity index (χ1) is 7.93. The zero-order valence-electron chi connectivity index (χ0n) is 10.7. The highest BCUT2D eigenvalue weighted by atomic mass is 32.2. The molecule has 0 aliphatic heterocycles. The van der Waals surface area contributed by atoms with E-state index < -0.39 is 5.54 Å². The Hall–Kier alpha value is -1.05. The Morgan fingerprint density at radius 1 is 1.47 bits per heavy atom. The van der Waals surface area contributed by atoms with Gasteiger partial charge in [0, 0.05) is 5.69 Å². The molecule has 0 fully saturated rings. The van der Waals surface area contributed by atoms with Crippen molar-refractivity contribution >= 4 is 11.8 Å². The van der Waals surface area contributed by atoms with Crippen molar-refractivity contribution in [1.29, 1.82) is 5.26 Å². The first-order valence-electron chi connectivity index (χ1n) is 5.71. The summed E-state index contributed by atoms with van der Waals surface area (Å²) in [5.41, 5.74) is 7.35. The molecule has 1 aromatic heterocycles. The molecule has 0 saturated heterocycles. The highest BCUT2D eigenvalue weighted by molar-refractivity contribution is 7.99. The van der Waals surface area contributed by atoms with Gasteiger partial charge in [-0.3, -0.25) is 0 Å². The number of hydrogen-bond acceptors (Lipinski definition) is 4. The Bertz CT molecular complexity index is 401. The average Bonchev–Trinajstić information content (AvgIpc) is 2.23. The molecular formula is C13H19N3S. The molecule has 0 bridgehead atoms. The number of nitrogens with two attached hydrogens (primary N) is 1. The summed E-state index contributed by atoms with van der Waals surface area (Å²) in [5, 5.41) is 9.84.